The molecule has 0 spiro atoms. The van der Waals surface area contributed by atoms with Gasteiger partial charge in [-0.2, -0.15) is 9.29 Å². The highest BCUT2D eigenvalue weighted by Gasteiger charge is 2.46. The van der Waals surface area contributed by atoms with E-state index in [2.05, 4.69) is 77.8 Å². The maximum absolute atomic E-state index is 12.8. The third-order valence-corrected chi connectivity index (χ3v) is 13.2. The van der Waals surface area contributed by atoms with Gasteiger partial charge in [0.2, 0.25) is 0 Å². The SMILES string of the molecule is CCCCC/C=C\C/C=C\C/C=C\C=C\C(=O)CCCC(=O)O[C@H](COC(=O)CCC/C=C\C/C=C\C/C=C\C/C=C\CCCCC)COP(=O)(O)OP(=O)(O)OC[C@H]1O[C@@H](n2ccc(N)nc2=O)[C@H](O)[C@@H]1O. The van der Waals surface area contributed by atoms with Crippen molar-refractivity contribution in [2.75, 3.05) is 25.6 Å². The number of anilines is 1. The van der Waals surface area contributed by atoms with Crippen LogP contribution in [-0.4, -0.2) is 91.5 Å². The Labute approximate surface area is 430 Å². The smallest absolute Gasteiger partial charge is 0.462 e. The number of allylic oxidation sites excluding steroid dienone is 16. The van der Waals surface area contributed by atoms with Crippen LogP contribution in [0.3, 0.4) is 0 Å². The number of carbonyl (C=O) groups excluding carboxylic acids is 3. The topological polar surface area (TPSA) is 283 Å². The van der Waals surface area contributed by atoms with Gasteiger partial charge < -0.3 is 39.9 Å². The first kappa shape index (κ1) is 64.5. The van der Waals surface area contributed by atoms with E-state index < -0.39 is 83.7 Å². The molecule has 0 bridgehead atoms. The van der Waals surface area contributed by atoms with E-state index >= 15 is 0 Å². The molecule has 73 heavy (non-hydrogen) atoms. The number of carbonyl (C=O) groups is 3. The van der Waals surface area contributed by atoms with Crippen LogP contribution in [0.15, 0.2) is 114 Å². The van der Waals surface area contributed by atoms with Crippen LogP contribution in [0, 0.1) is 0 Å². The number of nitrogen functional groups attached to an aromatic ring is 1. The van der Waals surface area contributed by atoms with Crippen molar-refractivity contribution in [3.05, 3.63) is 120 Å². The molecular formula is C52H79N3O16P2. The molecular weight excluding hydrogens is 985 g/mol. The number of rotatable bonds is 40. The molecule has 408 valence electrons. The number of ketones is 1. The maximum atomic E-state index is 12.8. The first-order valence-corrected chi connectivity index (χ1v) is 28.2. The average Bonchev–Trinajstić information content (AvgIpc) is 3.62. The van der Waals surface area contributed by atoms with Crippen LogP contribution in [-0.2, 0) is 51.1 Å². The van der Waals surface area contributed by atoms with Crippen molar-refractivity contribution >= 4 is 39.2 Å². The monoisotopic (exact) mass is 1060 g/mol. The predicted molar refractivity (Wildman–Crippen MR) is 280 cm³/mol. The summed E-state index contributed by atoms with van der Waals surface area (Å²) in [7, 11) is -11.0. The number of hydrogen-bond acceptors (Lipinski definition) is 16. The Kier molecular flexibility index (Phi) is 34.3. The quantitative estimate of drug-likeness (QED) is 0.0102. The normalized spacial score (nSPS) is 19.7. The lowest BCUT2D eigenvalue weighted by Gasteiger charge is -2.21. The number of nitrogens with zero attached hydrogens (tertiary/aromatic N) is 2. The van der Waals surface area contributed by atoms with Crippen molar-refractivity contribution in [3.8, 4) is 0 Å². The number of phosphoric acid groups is 2. The van der Waals surface area contributed by atoms with Crippen LogP contribution in [0.4, 0.5) is 5.82 Å². The van der Waals surface area contributed by atoms with Gasteiger partial charge in [0.05, 0.1) is 13.2 Å². The largest absolute Gasteiger partial charge is 0.481 e. The summed E-state index contributed by atoms with van der Waals surface area (Å²) in [5.41, 5.74) is 4.56. The molecule has 1 aliphatic heterocycles. The molecule has 2 unspecified atom stereocenters. The van der Waals surface area contributed by atoms with Gasteiger partial charge in [-0.25, -0.2) is 13.9 Å². The molecule has 21 heteroatoms. The fourth-order valence-corrected chi connectivity index (χ4v) is 8.78. The Morgan fingerprint density at radius 2 is 1.23 bits per heavy atom. The molecule has 0 saturated carbocycles. The minimum Gasteiger partial charge on any atom is -0.462 e. The van der Waals surface area contributed by atoms with Gasteiger partial charge in [0.15, 0.2) is 18.1 Å². The van der Waals surface area contributed by atoms with Gasteiger partial charge in [0, 0.05) is 25.5 Å². The van der Waals surface area contributed by atoms with E-state index in [1.165, 1.54) is 50.7 Å². The van der Waals surface area contributed by atoms with E-state index in [9.17, 15) is 48.3 Å². The zero-order chi connectivity index (χ0) is 53.6. The van der Waals surface area contributed by atoms with Crippen molar-refractivity contribution in [2.45, 2.75) is 166 Å². The lowest BCUT2D eigenvalue weighted by molar-refractivity contribution is -0.161. The standard InChI is InChI=1S/C52H79N3O16P2/c1-3-5-7-9-11-13-15-17-18-19-20-22-24-26-28-30-32-36-47(57)66-40-44(69-48(58)37-33-35-43(56)34-31-29-27-25-23-21-16-14-12-10-8-6-4-2)41-67-72(62,63)71-73(64,65)68-42-45-49(59)50(60)51(70-45)55-39-38-46(53)54-52(55)61/h11-14,17-18,20-23,26-29,31,34,38-39,44-45,49-51,59-60H,3-10,15-16,19,24-25,30,32-33,35-37,40-42H2,1-2H3,(H,62,63)(H,64,65)(H2,53,54,61)/b13-11-,14-12-,18-17-,22-20-,23-21-,28-26-,29-27-,34-31+/t44-,45-,49-,50-,51-/m1/s1. The van der Waals surface area contributed by atoms with Gasteiger partial charge in [-0.3, -0.25) is 28.0 Å². The van der Waals surface area contributed by atoms with Gasteiger partial charge in [-0.05, 0) is 89.2 Å². The number of aliphatic hydroxyl groups is 2. The molecule has 0 aliphatic carbocycles. The van der Waals surface area contributed by atoms with E-state index in [1.54, 1.807) is 12.2 Å². The van der Waals surface area contributed by atoms with Crippen molar-refractivity contribution in [3.63, 3.8) is 0 Å². The van der Waals surface area contributed by atoms with Gasteiger partial charge in [0.1, 0.15) is 30.7 Å². The number of aromatic nitrogens is 2. The van der Waals surface area contributed by atoms with Crippen LogP contribution in [0.5, 0.6) is 0 Å². The van der Waals surface area contributed by atoms with E-state index in [4.69, 9.17) is 29.0 Å². The fraction of sp³-hybridized carbons (Fsp3) is 0.558. The number of hydrogen-bond donors (Lipinski definition) is 5. The lowest BCUT2D eigenvalue weighted by Crippen LogP contribution is -2.36. The lowest BCUT2D eigenvalue weighted by atomic mass is 10.1. The molecule has 1 fully saturated rings. The van der Waals surface area contributed by atoms with Gasteiger partial charge in [-0.1, -0.05) is 131 Å². The summed E-state index contributed by atoms with van der Waals surface area (Å²) in [5.74, 6) is -1.88. The maximum Gasteiger partial charge on any atom is 0.481 e. The molecule has 6 N–H and O–H groups in total. The summed E-state index contributed by atoms with van der Waals surface area (Å²) in [5, 5.41) is 20.9. The molecule has 2 rings (SSSR count). The molecule has 2 heterocycles. The van der Waals surface area contributed by atoms with Gasteiger partial charge >= 0.3 is 33.3 Å². The average molecular weight is 1060 g/mol. The van der Waals surface area contributed by atoms with Crippen molar-refractivity contribution in [1.29, 1.82) is 0 Å². The highest BCUT2D eigenvalue weighted by Crippen LogP contribution is 2.60. The molecule has 1 aromatic rings. The summed E-state index contributed by atoms with van der Waals surface area (Å²) in [4.78, 5) is 74.2. The van der Waals surface area contributed by atoms with Crippen LogP contribution in [0.2, 0.25) is 0 Å². The van der Waals surface area contributed by atoms with E-state index in [0.29, 0.717) is 19.3 Å². The van der Waals surface area contributed by atoms with Gasteiger partial charge in [0.25, 0.3) is 0 Å². The highest BCUT2D eigenvalue weighted by molar-refractivity contribution is 7.61. The van der Waals surface area contributed by atoms with Crippen LogP contribution >= 0.6 is 15.6 Å². The summed E-state index contributed by atoms with van der Waals surface area (Å²) in [6.45, 7) is 1.79. The predicted octanol–water partition coefficient (Wildman–Crippen LogP) is 9.62. The number of phosphoric ester groups is 2. The summed E-state index contributed by atoms with van der Waals surface area (Å²) in [6, 6.07) is 1.23. The Morgan fingerprint density at radius 1 is 0.699 bits per heavy atom. The zero-order valence-corrected chi connectivity index (χ0v) is 44.2. The van der Waals surface area contributed by atoms with E-state index in [1.807, 2.05) is 24.3 Å². The van der Waals surface area contributed by atoms with Crippen molar-refractivity contribution in [1.82, 2.24) is 9.55 Å². The first-order chi connectivity index (χ1) is 35.1. The van der Waals surface area contributed by atoms with Crippen LogP contribution in [0.25, 0.3) is 0 Å². The van der Waals surface area contributed by atoms with Gasteiger partial charge in [-0.15, -0.1) is 0 Å². The summed E-state index contributed by atoms with van der Waals surface area (Å²) < 4.78 is 56.4. The molecule has 1 aromatic heterocycles. The molecule has 0 radical (unpaired) electrons. The first-order valence-electron chi connectivity index (χ1n) is 25.2. The van der Waals surface area contributed by atoms with Crippen molar-refractivity contribution in [2.24, 2.45) is 0 Å². The summed E-state index contributed by atoms with van der Waals surface area (Å²) >= 11 is 0. The molecule has 0 amide bonds. The minimum absolute atomic E-state index is 0.00460. The number of esters is 2. The Balaban J connectivity index is 1.89. The third-order valence-electron chi connectivity index (χ3n) is 10.6. The molecule has 0 aromatic carbocycles. The number of nitrogens with two attached hydrogens (primary N) is 1. The number of ether oxygens (including phenoxy) is 3. The Morgan fingerprint density at radius 3 is 1.81 bits per heavy atom. The Bertz CT molecular complexity index is 2170. The molecule has 1 aliphatic rings. The minimum atomic E-state index is -5.50. The van der Waals surface area contributed by atoms with Crippen LogP contribution in [0.1, 0.15) is 142 Å². The summed E-state index contributed by atoms with van der Waals surface area (Å²) in [6.07, 6.45) is 39.3. The number of unbranched alkanes of at least 4 members (excludes halogenated alkanes) is 7. The molecule has 19 nitrogen and oxygen atoms in total. The second kappa shape index (κ2) is 38.9. The molecule has 1 saturated heterocycles. The second-order valence-electron chi connectivity index (χ2n) is 17.0. The van der Waals surface area contributed by atoms with Crippen LogP contribution < -0.4 is 11.4 Å². The molecule has 7 atom stereocenters. The van der Waals surface area contributed by atoms with Crippen molar-refractivity contribution < 1.29 is 71.1 Å². The Hall–Kier alpha value is -4.65. The second-order valence-corrected chi connectivity index (χ2v) is 20.0. The zero-order valence-electron chi connectivity index (χ0n) is 42.4. The van der Waals surface area contributed by atoms with E-state index in [-0.39, 0.29) is 37.3 Å². The van der Waals surface area contributed by atoms with E-state index in [0.717, 1.165) is 49.3 Å². The fourth-order valence-electron chi connectivity index (χ4n) is 6.67. The third kappa shape index (κ3) is 31.6. The highest BCUT2D eigenvalue weighted by atomic mass is 31.3. The number of aliphatic hydroxyl groups excluding tert-OH is 2.